The summed E-state index contributed by atoms with van der Waals surface area (Å²) in [5.74, 6) is 0.380. The van der Waals surface area contributed by atoms with Crippen LogP contribution in [0, 0.1) is 5.82 Å². The second-order valence-corrected chi connectivity index (χ2v) is 7.92. The number of halogens is 1. The van der Waals surface area contributed by atoms with E-state index in [-0.39, 0.29) is 29.3 Å². The summed E-state index contributed by atoms with van der Waals surface area (Å²) in [4.78, 5) is 13.2. The molecular formula is C23H24FN3O3. The first kappa shape index (κ1) is 19.1. The van der Waals surface area contributed by atoms with E-state index >= 15 is 4.39 Å². The lowest BCUT2D eigenvalue weighted by Crippen LogP contribution is -2.32. The van der Waals surface area contributed by atoms with Gasteiger partial charge in [-0.3, -0.25) is 14.0 Å². The van der Waals surface area contributed by atoms with Crippen LogP contribution in [-0.4, -0.2) is 27.2 Å². The van der Waals surface area contributed by atoms with Gasteiger partial charge in [0, 0.05) is 43.4 Å². The van der Waals surface area contributed by atoms with Crippen molar-refractivity contribution in [3.05, 3.63) is 75.7 Å². The van der Waals surface area contributed by atoms with Crippen molar-refractivity contribution < 1.29 is 13.9 Å². The van der Waals surface area contributed by atoms with E-state index in [1.807, 2.05) is 17.8 Å². The minimum Gasteiger partial charge on any atom is -0.465 e. The number of aryl methyl sites for hydroxylation is 1. The Morgan fingerprint density at radius 1 is 1.30 bits per heavy atom. The lowest BCUT2D eigenvalue weighted by atomic mass is 10.1. The summed E-state index contributed by atoms with van der Waals surface area (Å²) in [6, 6.07) is 6.92. The Kier molecular flexibility index (Phi) is 4.90. The van der Waals surface area contributed by atoms with Gasteiger partial charge in [0.05, 0.1) is 18.5 Å². The van der Waals surface area contributed by atoms with E-state index in [0.29, 0.717) is 29.9 Å². The first-order chi connectivity index (χ1) is 14.6. The standard InChI is InChI=1S/C23H24FN3O3/c1-2-26-14-15(13-25-26)10-17-4-3-8-27(23(17)28)20-12-18(30-21-7-9-29-21)11-19(22(20)24)16-5-6-16/h3-4,8,11-14,16,21H,2,5-7,9-10H2,1H3. The predicted octanol–water partition coefficient (Wildman–Crippen LogP) is 3.79. The van der Waals surface area contributed by atoms with Crippen LogP contribution >= 0.6 is 0 Å². The molecule has 3 heterocycles. The van der Waals surface area contributed by atoms with Gasteiger partial charge in [-0.05, 0) is 48.9 Å². The number of hydrogen-bond donors (Lipinski definition) is 0. The fraction of sp³-hybridized carbons (Fsp3) is 0.391. The Balaban J connectivity index is 1.53. The smallest absolute Gasteiger partial charge is 0.258 e. The van der Waals surface area contributed by atoms with Crippen molar-refractivity contribution in [3.8, 4) is 11.4 Å². The molecular weight excluding hydrogens is 385 g/mol. The summed E-state index contributed by atoms with van der Waals surface area (Å²) in [5.41, 5.74) is 2.15. The molecule has 0 amide bonds. The molecule has 1 unspecified atom stereocenters. The first-order valence-corrected chi connectivity index (χ1v) is 10.5. The highest BCUT2D eigenvalue weighted by atomic mass is 19.1. The van der Waals surface area contributed by atoms with Crippen LogP contribution in [0.2, 0.25) is 0 Å². The molecule has 2 fully saturated rings. The quantitative estimate of drug-likeness (QED) is 0.596. The number of rotatable bonds is 7. The van der Waals surface area contributed by atoms with Crippen molar-refractivity contribution in [2.24, 2.45) is 0 Å². The lowest BCUT2D eigenvalue weighted by Gasteiger charge is -2.27. The minimum atomic E-state index is -0.350. The van der Waals surface area contributed by atoms with E-state index in [2.05, 4.69) is 5.10 Å². The summed E-state index contributed by atoms with van der Waals surface area (Å²) >= 11 is 0. The molecule has 30 heavy (non-hydrogen) atoms. The van der Waals surface area contributed by atoms with Gasteiger partial charge >= 0.3 is 0 Å². The molecule has 3 aromatic rings. The summed E-state index contributed by atoms with van der Waals surface area (Å²) < 4.78 is 29.8. The van der Waals surface area contributed by atoms with Gasteiger partial charge in [-0.15, -0.1) is 0 Å². The summed E-state index contributed by atoms with van der Waals surface area (Å²) in [7, 11) is 0. The van der Waals surface area contributed by atoms with Gasteiger partial charge < -0.3 is 9.47 Å². The van der Waals surface area contributed by atoms with Crippen LogP contribution < -0.4 is 10.3 Å². The van der Waals surface area contributed by atoms with E-state index < -0.39 is 0 Å². The number of ether oxygens (including phenoxy) is 2. The summed E-state index contributed by atoms with van der Waals surface area (Å²) in [5, 5.41) is 4.27. The van der Waals surface area contributed by atoms with Gasteiger partial charge in [-0.2, -0.15) is 5.10 Å². The average molecular weight is 409 g/mol. The second-order valence-electron chi connectivity index (χ2n) is 7.92. The Morgan fingerprint density at radius 2 is 2.13 bits per heavy atom. The topological polar surface area (TPSA) is 58.3 Å². The van der Waals surface area contributed by atoms with Crippen molar-refractivity contribution in [3.63, 3.8) is 0 Å². The molecule has 2 aliphatic rings. The maximum Gasteiger partial charge on any atom is 0.258 e. The lowest BCUT2D eigenvalue weighted by molar-refractivity contribution is -0.165. The molecule has 1 aliphatic heterocycles. The Morgan fingerprint density at radius 3 is 2.80 bits per heavy atom. The SMILES string of the molecule is CCn1cc(Cc2cccn(-c3cc(OC4CCO4)cc(C4CC4)c3F)c2=O)cn1. The highest BCUT2D eigenvalue weighted by Gasteiger charge is 2.30. The van der Waals surface area contributed by atoms with Crippen molar-refractivity contribution in [1.29, 1.82) is 0 Å². The number of aromatic nitrogens is 3. The molecule has 0 radical (unpaired) electrons. The number of benzene rings is 1. The fourth-order valence-electron chi connectivity index (χ4n) is 3.75. The van der Waals surface area contributed by atoms with Crippen molar-refractivity contribution in [2.45, 2.75) is 51.4 Å². The second kappa shape index (κ2) is 7.72. The van der Waals surface area contributed by atoms with Crippen molar-refractivity contribution in [2.75, 3.05) is 6.61 Å². The van der Waals surface area contributed by atoms with Crippen LogP contribution in [0.3, 0.4) is 0 Å². The third kappa shape index (κ3) is 3.65. The van der Waals surface area contributed by atoms with E-state index in [1.165, 1.54) is 4.57 Å². The molecule has 156 valence electrons. The van der Waals surface area contributed by atoms with Crippen LogP contribution in [0.5, 0.6) is 5.75 Å². The van der Waals surface area contributed by atoms with E-state index in [4.69, 9.17) is 9.47 Å². The third-order valence-corrected chi connectivity index (χ3v) is 5.69. The monoisotopic (exact) mass is 409 g/mol. The van der Waals surface area contributed by atoms with Crippen molar-refractivity contribution >= 4 is 0 Å². The highest BCUT2D eigenvalue weighted by molar-refractivity contribution is 5.48. The molecule has 5 rings (SSSR count). The Labute approximate surface area is 173 Å². The van der Waals surface area contributed by atoms with Crippen LogP contribution in [0.25, 0.3) is 5.69 Å². The van der Waals surface area contributed by atoms with Gasteiger partial charge in [0.2, 0.25) is 6.29 Å². The van der Waals surface area contributed by atoms with Gasteiger partial charge in [-0.1, -0.05) is 6.07 Å². The van der Waals surface area contributed by atoms with Gasteiger partial charge in [0.15, 0.2) is 5.82 Å². The van der Waals surface area contributed by atoms with E-state index in [1.54, 1.807) is 36.7 Å². The van der Waals surface area contributed by atoms with E-state index in [9.17, 15) is 4.79 Å². The van der Waals surface area contributed by atoms with Gasteiger partial charge in [0.25, 0.3) is 5.56 Å². The molecule has 1 saturated heterocycles. The molecule has 1 aromatic carbocycles. The predicted molar refractivity (Wildman–Crippen MR) is 110 cm³/mol. The molecule has 7 heteroatoms. The number of nitrogens with zero attached hydrogens (tertiary/aromatic N) is 3. The minimum absolute atomic E-state index is 0.188. The van der Waals surface area contributed by atoms with Gasteiger partial charge in [0.1, 0.15) is 5.75 Å². The van der Waals surface area contributed by atoms with Crippen LogP contribution in [0.15, 0.2) is 47.7 Å². The maximum absolute atomic E-state index is 15.4. The van der Waals surface area contributed by atoms with E-state index in [0.717, 1.165) is 31.4 Å². The highest BCUT2D eigenvalue weighted by Crippen LogP contribution is 2.44. The first-order valence-electron chi connectivity index (χ1n) is 10.5. The molecule has 1 atom stereocenters. The summed E-state index contributed by atoms with van der Waals surface area (Å²) in [6.07, 6.45) is 8.17. The van der Waals surface area contributed by atoms with Gasteiger partial charge in [-0.25, -0.2) is 4.39 Å². The Hall–Kier alpha value is -2.93. The molecule has 0 bridgehead atoms. The molecule has 1 saturated carbocycles. The zero-order valence-corrected chi connectivity index (χ0v) is 16.9. The average Bonchev–Trinajstić information content (AvgIpc) is 3.46. The molecule has 1 aliphatic carbocycles. The molecule has 6 nitrogen and oxygen atoms in total. The number of hydrogen-bond acceptors (Lipinski definition) is 4. The zero-order chi connectivity index (χ0) is 20.7. The normalized spacial score (nSPS) is 18.3. The molecule has 0 spiro atoms. The van der Waals surface area contributed by atoms with Crippen molar-refractivity contribution in [1.82, 2.24) is 14.3 Å². The van der Waals surface area contributed by atoms with Crippen LogP contribution in [0.4, 0.5) is 4.39 Å². The summed E-state index contributed by atoms with van der Waals surface area (Å²) in [6.45, 7) is 3.45. The number of pyridine rings is 1. The molecule has 2 aromatic heterocycles. The van der Waals surface area contributed by atoms with Crippen LogP contribution in [0.1, 0.15) is 48.8 Å². The largest absolute Gasteiger partial charge is 0.465 e. The van der Waals surface area contributed by atoms with Crippen LogP contribution in [-0.2, 0) is 17.7 Å². The third-order valence-electron chi connectivity index (χ3n) is 5.69. The fourth-order valence-corrected chi connectivity index (χ4v) is 3.75. The molecule has 0 N–H and O–H groups in total. The maximum atomic E-state index is 15.4. The zero-order valence-electron chi connectivity index (χ0n) is 16.9. The Bertz CT molecular complexity index is 1130.